The molecule has 7 nitrogen and oxygen atoms in total. The second-order valence-corrected chi connectivity index (χ2v) is 10.1. The topological polar surface area (TPSA) is 75.5 Å². The van der Waals surface area contributed by atoms with Crippen molar-refractivity contribution in [2.45, 2.75) is 50.5 Å². The van der Waals surface area contributed by atoms with Crippen molar-refractivity contribution in [3.8, 4) is 0 Å². The summed E-state index contributed by atoms with van der Waals surface area (Å²) in [5.41, 5.74) is 3.21. The van der Waals surface area contributed by atoms with E-state index in [1.165, 1.54) is 4.31 Å². The van der Waals surface area contributed by atoms with Gasteiger partial charge in [-0.2, -0.15) is 9.40 Å². The molecule has 2 aliphatic rings. The maximum Gasteiger partial charge on any atom is 0.274 e. The molecule has 0 bridgehead atoms. The number of carbonyl (C=O) groups is 1. The van der Waals surface area contributed by atoms with Crippen LogP contribution in [0.2, 0.25) is 0 Å². The van der Waals surface area contributed by atoms with E-state index in [1.807, 2.05) is 24.1 Å². The van der Waals surface area contributed by atoms with E-state index in [-0.39, 0.29) is 12.5 Å². The number of fused-ring (bicyclic) bond motifs is 1. The molecular weight excluding hydrogens is 388 g/mol. The number of benzene rings is 1. The summed E-state index contributed by atoms with van der Waals surface area (Å²) in [4.78, 5) is 15.1. The van der Waals surface area contributed by atoms with Gasteiger partial charge in [0.15, 0.2) is 5.69 Å². The van der Waals surface area contributed by atoms with Gasteiger partial charge >= 0.3 is 0 Å². The quantitative estimate of drug-likeness (QED) is 0.768. The third-order valence-corrected chi connectivity index (χ3v) is 7.85. The van der Waals surface area contributed by atoms with E-state index in [1.54, 1.807) is 16.8 Å². The number of sulfonamides is 1. The summed E-state index contributed by atoms with van der Waals surface area (Å²) >= 11 is 0. The Balaban J connectivity index is 1.63. The van der Waals surface area contributed by atoms with Crippen molar-refractivity contribution >= 4 is 15.9 Å². The first kappa shape index (κ1) is 20.1. The lowest BCUT2D eigenvalue weighted by atomic mass is 10.0. The van der Waals surface area contributed by atoms with Gasteiger partial charge in [0.2, 0.25) is 10.0 Å². The number of amides is 1. The second-order valence-electron chi connectivity index (χ2n) is 8.21. The summed E-state index contributed by atoms with van der Waals surface area (Å²) in [5, 5.41) is 4.46. The van der Waals surface area contributed by atoms with Crippen LogP contribution in [-0.2, 0) is 30.0 Å². The molecule has 8 heteroatoms. The van der Waals surface area contributed by atoms with E-state index in [0.29, 0.717) is 29.5 Å². The van der Waals surface area contributed by atoms with E-state index >= 15 is 0 Å². The third kappa shape index (κ3) is 3.59. The summed E-state index contributed by atoms with van der Waals surface area (Å²) in [5.74, 6) is 0.263. The van der Waals surface area contributed by atoms with E-state index in [9.17, 15) is 13.2 Å². The molecule has 0 spiro atoms. The van der Waals surface area contributed by atoms with Crippen molar-refractivity contribution in [2.75, 3.05) is 19.6 Å². The van der Waals surface area contributed by atoms with Crippen molar-refractivity contribution in [1.82, 2.24) is 19.0 Å². The number of rotatable bonds is 4. The highest BCUT2D eigenvalue weighted by Crippen LogP contribution is 2.29. The smallest absolute Gasteiger partial charge is 0.274 e. The molecular formula is C21H28N4O3S. The number of likely N-dealkylation sites (tertiary alicyclic amines) is 1. The summed E-state index contributed by atoms with van der Waals surface area (Å²) in [6.07, 6.45) is 2.57. The van der Waals surface area contributed by atoms with Gasteiger partial charge < -0.3 is 4.90 Å². The Morgan fingerprint density at radius 3 is 2.34 bits per heavy atom. The molecule has 1 aromatic heterocycles. The SMILES string of the molecule is CC(C)c1ccc(S(=O)(=O)N2CCc3c(c(C(=O)N4CCCC4)nn3C)C2)cc1. The highest BCUT2D eigenvalue weighted by Gasteiger charge is 2.35. The molecule has 2 aliphatic heterocycles. The Morgan fingerprint density at radius 1 is 1.07 bits per heavy atom. The van der Waals surface area contributed by atoms with Crippen LogP contribution in [0.4, 0.5) is 0 Å². The lowest BCUT2D eigenvalue weighted by Gasteiger charge is -2.27. The molecule has 1 amide bonds. The predicted octanol–water partition coefficient (Wildman–Crippen LogP) is 2.53. The van der Waals surface area contributed by atoms with Crippen LogP contribution in [0.25, 0.3) is 0 Å². The molecule has 0 radical (unpaired) electrons. The molecule has 2 aromatic rings. The Hall–Kier alpha value is -2.19. The number of aryl methyl sites for hydroxylation is 1. The Labute approximate surface area is 172 Å². The zero-order chi connectivity index (χ0) is 20.8. The van der Waals surface area contributed by atoms with Gasteiger partial charge in [0.05, 0.1) is 4.90 Å². The van der Waals surface area contributed by atoms with Gasteiger partial charge in [-0.05, 0) is 36.5 Å². The van der Waals surface area contributed by atoms with Gasteiger partial charge in [-0.3, -0.25) is 9.48 Å². The molecule has 3 heterocycles. The van der Waals surface area contributed by atoms with Crippen LogP contribution in [0.1, 0.15) is 59.9 Å². The van der Waals surface area contributed by atoms with Gasteiger partial charge in [-0.25, -0.2) is 8.42 Å². The maximum atomic E-state index is 13.2. The average molecular weight is 417 g/mol. The molecule has 0 saturated carbocycles. The van der Waals surface area contributed by atoms with E-state index in [2.05, 4.69) is 18.9 Å². The van der Waals surface area contributed by atoms with Crippen LogP contribution in [0.15, 0.2) is 29.2 Å². The minimum Gasteiger partial charge on any atom is -0.337 e. The fraction of sp³-hybridized carbons (Fsp3) is 0.524. The monoisotopic (exact) mass is 416 g/mol. The summed E-state index contributed by atoms with van der Waals surface area (Å²) in [6, 6.07) is 7.11. The largest absolute Gasteiger partial charge is 0.337 e. The van der Waals surface area contributed by atoms with Crippen molar-refractivity contribution in [3.05, 3.63) is 46.8 Å². The molecule has 0 N–H and O–H groups in total. The van der Waals surface area contributed by atoms with Crippen molar-refractivity contribution in [1.29, 1.82) is 0 Å². The lowest BCUT2D eigenvalue weighted by molar-refractivity contribution is 0.0784. The standard InChI is InChI=1S/C21H28N4O3S/c1-15(2)16-6-8-17(9-7-16)29(27,28)25-13-10-19-18(14-25)20(22-23(19)3)21(26)24-11-4-5-12-24/h6-9,15H,4-5,10-14H2,1-3H3. The van der Waals surface area contributed by atoms with Gasteiger partial charge in [0, 0.05) is 50.9 Å². The lowest BCUT2D eigenvalue weighted by Crippen LogP contribution is -2.37. The number of hydrogen-bond acceptors (Lipinski definition) is 4. The average Bonchev–Trinajstić information content (AvgIpc) is 3.36. The van der Waals surface area contributed by atoms with Crippen LogP contribution in [0.3, 0.4) is 0 Å². The maximum absolute atomic E-state index is 13.2. The molecule has 1 aromatic carbocycles. The Kier molecular flexibility index (Phi) is 5.25. The highest BCUT2D eigenvalue weighted by atomic mass is 32.2. The second kappa shape index (κ2) is 7.57. The van der Waals surface area contributed by atoms with Crippen molar-refractivity contribution in [3.63, 3.8) is 0 Å². The summed E-state index contributed by atoms with van der Waals surface area (Å²) in [7, 11) is -1.80. The van der Waals surface area contributed by atoms with Crippen LogP contribution in [-0.4, -0.2) is 52.9 Å². The molecule has 0 unspecified atom stereocenters. The highest BCUT2D eigenvalue weighted by molar-refractivity contribution is 7.89. The summed E-state index contributed by atoms with van der Waals surface area (Å²) in [6.45, 7) is 6.22. The normalized spacial score (nSPS) is 17.7. The molecule has 1 fully saturated rings. The number of carbonyl (C=O) groups excluding carboxylic acids is 1. The van der Waals surface area contributed by atoms with Crippen LogP contribution in [0.5, 0.6) is 0 Å². The zero-order valence-electron chi connectivity index (χ0n) is 17.3. The molecule has 4 rings (SSSR count). The fourth-order valence-corrected chi connectivity index (χ4v) is 5.60. The van der Waals surface area contributed by atoms with Crippen molar-refractivity contribution in [2.24, 2.45) is 7.05 Å². The van der Waals surface area contributed by atoms with Gasteiger partial charge in [-0.1, -0.05) is 26.0 Å². The van der Waals surface area contributed by atoms with Crippen LogP contribution in [0, 0.1) is 0 Å². The fourth-order valence-electron chi connectivity index (χ4n) is 4.19. The molecule has 29 heavy (non-hydrogen) atoms. The Morgan fingerprint density at radius 2 is 1.72 bits per heavy atom. The molecule has 1 saturated heterocycles. The van der Waals surface area contributed by atoms with E-state index < -0.39 is 10.0 Å². The molecule has 0 aliphatic carbocycles. The van der Waals surface area contributed by atoms with Crippen LogP contribution >= 0.6 is 0 Å². The number of aromatic nitrogens is 2. The van der Waals surface area contributed by atoms with E-state index in [0.717, 1.165) is 42.8 Å². The van der Waals surface area contributed by atoms with Gasteiger partial charge in [0.1, 0.15) is 0 Å². The first-order chi connectivity index (χ1) is 13.8. The van der Waals surface area contributed by atoms with Gasteiger partial charge in [0.25, 0.3) is 5.91 Å². The minimum atomic E-state index is -3.63. The molecule has 156 valence electrons. The van der Waals surface area contributed by atoms with Gasteiger partial charge in [-0.15, -0.1) is 0 Å². The zero-order valence-corrected chi connectivity index (χ0v) is 18.1. The third-order valence-electron chi connectivity index (χ3n) is 5.99. The Bertz CT molecular complexity index is 1020. The van der Waals surface area contributed by atoms with E-state index in [4.69, 9.17) is 0 Å². The number of hydrogen-bond donors (Lipinski definition) is 0. The van der Waals surface area contributed by atoms with Crippen LogP contribution < -0.4 is 0 Å². The predicted molar refractivity (Wildman–Crippen MR) is 110 cm³/mol. The summed E-state index contributed by atoms with van der Waals surface area (Å²) < 4.78 is 29.7. The first-order valence-electron chi connectivity index (χ1n) is 10.2. The first-order valence-corrected chi connectivity index (χ1v) is 11.7. The van der Waals surface area contributed by atoms with Crippen molar-refractivity contribution < 1.29 is 13.2 Å². The minimum absolute atomic E-state index is 0.0834. The molecule has 0 atom stereocenters. The number of nitrogens with zero attached hydrogens (tertiary/aromatic N) is 4.